The minimum Gasteiger partial charge on any atom is -0.374 e. The summed E-state index contributed by atoms with van der Waals surface area (Å²) in [5.74, 6) is 0.236. The zero-order chi connectivity index (χ0) is 13.8. The summed E-state index contributed by atoms with van der Waals surface area (Å²) in [6, 6.07) is 7.23. The lowest BCUT2D eigenvalue weighted by atomic mass is 10.1. The molecule has 18 heavy (non-hydrogen) atoms. The lowest BCUT2D eigenvalue weighted by molar-refractivity contribution is 0.0988. The number of benzene rings is 1. The monoisotopic (exact) mass is 269 g/mol. The van der Waals surface area contributed by atoms with Crippen molar-refractivity contribution in [3.05, 3.63) is 29.8 Å². The number of carbonyl (C=O) groups is 1. The predicted octanol–water partition coefficient (Wildman–Crippen LogP) is 1.76. The van der Waals surface area contributed by atoms with Crippen molar-refractivity contribution in [2.24, 2.45) is 0 Å². The topological polar surface area (TPSA) is 54.5 Å². The van der Waals surface area contributed by atoms with Crippen LogP contribution in [0.2, 0.25) is 0 Å². The third-order valence-corrected chi connectivity index (χ3v) is 3.67. The Morgan fingerprint density at radius 3 is 2.22 bits per heavy atom. The fourth-order valence-corrected chi connectivity index (χ4v) is 2.14. The summed E-state index contributed by atoms with van der Waals surface area (Å²) in [7, 11) is -1.11. The second kappa shape index (κ2) is 6.00. The van der Waals surface area contributed by atoms with Crippen molar-refractivity contribution in [3.8, 4) is 0 Å². The second-order valence-corrected chi connectivity index (χ2v) is 6.63. The number of hydrogen-bond acceptors (Lipinski definition) is 4. The normalized spacial score (nSPS) is 11.3. The highest BCUT2D eigenvalue weighted by Gasteiger charge is 2.07. The van der Waals surface area contributed by atoms with Crippen molar-refractivity contribution in [2.75, 3.05) is 30.5 Å². The molecule has 100 valence electrons. The third kappa shape index (κ3) is 4.49. The Kier molecular flexibility index (Phi) is 4.90. The standard InChI is InChI=1S/C13H19NO3S/c1-4-13(15)11-5-7-12(8-6-11)14(2)9-10-18(3,16)17/h5-8H,4,9-10H2,1-3H3. The molecule has 0 saturated heterocycles. The van der Waals surface area contributed by atoms with Gasteiger partial charge in [0, 0.05) is 37.5 Å². The van der Waals surface area contributed by atoms with Crippen molar-refractivity contribution in [2.45, 2.75) is 13.3 Å². The zero-order valence-corrected chi connectivity index (χ0v) is 11.8. The summed E-state index contributed by atoms with van der Waals surface area (Å²) < 4.78 is 22.2. The number of anilines is 1. The van der Waals surface area contributed by atoms with Gasteiger partial charge in [-0.2, -0.15) is 0 Å². The molecule has 1 rings (SSSR count). The first-order valence-electron chi connectivity index (χ1n) is 5.85. The van der Waals surface area contributed by atoms with Crippen molar-refractivity contribution < 1.29 is 13.2 Å². The summed E-state index contributed by atoms with van der Waals surface area (Å²) in [4.78, 5) is 13.3. The van der Waals surface area contributed by atoms with E-state index in [1.54, 1.807) is 12.1 Å². The first-order chi connectivity index (χ1) is 8.33. The number of carbonyl (C=O) groups excluding carboxylic acids is 1. The van der Waals surface area contributed by atoms with Crippen LogP contribution in [0.4, 0.5) is 5.69 Å². The van der Waals surface area contributed by atoms with E-state index in [0.29, 0.717) is 18.5 Å². The van der Waals surface area contributed by atoms with Crippen LogP contribution >= 0.6 is 0 Å². The molecule has 0 unspecified atom stereocenters. The van der Waals surface area contributed by atoms with E-state index in [9.17, 15) is 13.2 Å². The molecule has 0 heterocycles. The van der Waals surface area contributed by atoms with Gasteiger partial charge in [-0.25, -0.2) is 8.42 Å². The molecule has 0 radical (unpaired) electrons. The van der Waals surface area contributed by atoms with E-state index in [1.807, 2.05) is 31.0 Å². The first-order valence-corrected chi connectivity index (χ1v) is 7.91. The number of nitrogens with zero attached hydrogens (tertiary/aromatic N) is 1. The highest BCUT2D eigenvalue weighted by Crippen LogP contribution is 2.14. The molecular weight excluding hydrogens is 250 g/mol. The molecule has 5 heteroatoms. The molecule has 0 atom stereocenters. The van der Waals surface area contributed by atoms with E-state index in [4.69, 9.17) is 0 Å². The van der Waals surface area contributed by atoms with E-state index in [1.165, 1.54) is 6.26 Å². The van der Waals surface area contributed by atoms with Gasteiger partial charge < -0.3 is 4.90 Å². The van der Waals surface area contributed by atoms with E-state index in [0.717, 1.165) is 5.69 Å². The Bertz CT molecular complexity index is 506. The first kappa shape index (κ1) is 14.7. The van der Waals surface area contributed by atoms with Crippen LogP contribution in [-0.2, 0) is 9.84 Å². The summed E-state index contributed by atoms with van der Waals surface area (Å²) in [5.41, 5.74) is 1.60. The molecule has 0 bridgehead atoms. The summed E-state index contributed by atoms with van der Waals surface area (Å²) >= 11 is 0. The van der Waals surface area contributed by atoms with Gasteiger partial charge in [0.2, 0.25) is 0 Å². The highest BCUT2D eigenvalue weighted by molar-refractivity contribution is 7.90. The van der Waals surface area contributed by atoms with E-state index >= 15 is 0 Å². The average molecular weight is 269 g/mol. The molecule has 0 aromatic heterocycles. The molecule has 0 amide bonds. The molecular formula is C13H19NO3S. The number of rotatable bonds is 6. The van der Waals surface area contributed by atoms with Gasteiger partial charge in [-0.15, -0.1) is 0 Å². The Morgan fingerprint density at radius 2 is 1.78 bits per heavy atom. The minimum absolute atomic E-state index is 0.111. The number of sulfone groups is 1. The molecule has 0 aliphatic heterocycles. The van der Waals surface area contributed by atoms with Crippen LogP contribution in [0.1, 0.15) is 23.7 Å². The van der Waals surface area contributed by atoms with Gasteiger partial charge in [0.1, 0.15) is 9.84 Å². The van der Waals surface area contributed by atoms with Gasteiger partial charge in [0.15, 0.2) is 5.78 Å². The van der Waals surface area contributed by atoms with Crippen molar-refractivity contribution in [1.82, 2.24) is 0 Å². The van der Waals surface area contributed by atoms with Gasteiger partial charge >= 0.3 is 0 Å². The van der Waals surface area contributed by atoms with Crippen LogP contribution in [0.5, 0.6) is 0 Å². The fourth-order valence-electron chi connectivity index (χ4n) is 1.54. The molecule has 0 fully saturated rings. The van der Waals surface area contributed by atoms with Gasteiger partial charge in [-0.1, -0.05) is 6.92 Å². The Labute approximate surface area is 109 Å². The number of hydrogen-bond donors (Lipinski definition) is 0. The Morgan fingerprint density at radius 1 is 1.22 bits per heavy atom. The number of ketones is 1. The van der Waals surface area contributed by atoms with Gasteiger partial charge in [0.05, 0.1) is 5.75 Å². The van der Waals surface area contributed by atoms with Crippen LogP contribution in [0, 0.1) is 0 Å². The van der Waals surface area contributed by atoms with E-state index in [2.05, 4.69) is 0 Å². The van der Waals surface area contributed by atoms with E-state index < -0.39 is 9.84 Å². The summed E-state index contributed by atoms with van der Waals surface area (Å²) in [6.07, 6.45) is 1.72. The van der Waals surface area contributed by atoms with Gasteiger partial charge in [-0.05, 0) is 24.3 Å². The Balaban J connectivity index is 2.70. The molecule has 0 aliphatic rings. The molecule has 0 aliphatic carbocycles. The predicted molar refractivity (Wildman–Crippen MR) is 74.0 cm³/mol. The lowest BCUT2D eigenvalue weighted by Crippen LogP contribution is -2.24. The lowest BCUT2D eigenvalue weighted by Gasteiger charge is -2.18. The van der Waals surface area contributed by atoms with Crippen LogP contribution < -0.4 is 4.90 Å². The van der Waals surface area contributed by atoms with Gasteiger partial charge in [0.25, 0.3) is 0 Å². The third-order valence-electron chi connectivity index (χ3n) is 2.75. The van der Waals surface area contributed by atoms with Crippen molar-refractivity contribution in [1.29, 1.82) is 0 Å². The molecule has 0 spiro atoms. The van der Waals surface area contributed by atoms with Crippen molar-refractivity contribution in [3.63, 3.8) is 0 Å². The maximum Gasteiger partial charge on any atom is 0.162 e. The van der Waals surface area contributed by atoms with Crippen LogP contribution in [-0.4, -0.2) is 39.8 Å². The van der Waals surface area contributed by atoms with E-state index in [-0.39, 0.29) is 11.5 Å². The quantitative estimate of drug-likeness (QED) is 0.738. The fraction of sp³-hybridized carbons (Fsp3) is 0.462. The second-order valence-electron chi connectivity index (χ2n) is 4.38. The van der Waals surface area contributed by atoms with Crippen LogP contribution in [0.3, 0.4) is 0 Å². The number of Topliss-reactive ketones (excluding diaryl/α,β-unsaturated/α-hetero) is 1. The van der Waals surface area contributed by atoms with Crippen LogP contribution in [0.15, 0.2) is 24.3 Å². The molecule has 1 aromatic rings. The highest BCUT2D eigenvalue weighted by atomic mass is 32.2. The van der Waals surface area contributed by atoms with Crippen molar-refractivity contribution >= 4 is 21.3 Å². The maximum atomic E-state index is 11.5. The SMILES string of the molecule is CCC(=O)c1ccc(N(C)CCS(C)(=O)=O)cc1. The van der Waals surface area contributed by atoms with Gasteiger partial charge in [-0.3, -0.25) is 4.79 Å². The zero-order valence-electron chi connectivity index (χ0n) is 11.0. The maximum absolute atomic E-state index is 11.5. The molecule has 1 aromatic carbocycles. The largest absolute Gasteiger partial charge is 0.374 e. The smallest absolute Gasteiger partial charge is 0.162 e. The Hall–Kier alpha value is -1.36. The summed E-state index contributed by atoms with van der Waals surface area (Å²) in [6.45, 7) is 2.27. The van der Waals surface area contributed by atoms with Crippen LogP contribution in [0.25, 0.3) is 0 Å². The summed E-state index contributed by atoms with van der Waals surface area (Å²) in [5, 5.41) is 0. The molecule has 4 nitrogen and oxygen atoms in total. The molecule has 0 saturated carbocycles. The average Bonchev–Trinajstić information content (AvgIpc) is 2.34. The molecule has 0 N–H and O–H groups in total. The minimum atomic E-state index is -2.95.